The molecule has 2 N–H and O–H groups in total. The highest BCUT2D eigenvalue weighted by Crippen LogP contribution is 2.31. The van der Waals surface area contributed by atoms with Gasteiger partial charge in [-0.25, -0.2) is 0 Å². The lowest BCUT2D eigenvalue weighted by Crippen LogP contribution is -2.23. The summed E-state index contributed by atoms with van der Waals surface area (Å²) in [5, 5.41) is 0. The topological polar surface area (TPSA) is 29.3 Å². The molecule has 0 aliphatic carbocycles. The van der Waals surface area contributed by atoms with Gasteiger partial charge in [0.2, 0.25) is 0 Å². The summed E-state index contributed by atoms with van der Waals surface area (Å²) in [4.78, 5) is 2.35. The van der Waals surface area contributed by atoms with Crippen LogP contribution >= 0.6 is 0 Å². The van der Waals surface area contributed by atoms with Gasteiger partial charge in [0, 0.05) is 24.8 Å². The number of fused-ring (bicyclic) bond motifs is 1. The summed E-state index contributed by atoms with van der Waals surface area (Å²) in [7, 11) is 2.17. The number of nitrogens with two attached hydrogens (primary N) is 1. The molecule has 1 aromatic carbocycles. The molecule has 1 heterocycles. The summed E-state index contributed by atoms with van der Waals surface area (Å²) >= 11 is 0. The van der Waals surface area contributed by atoms with E-state index in [2.05, 4.69) is 44.0 Å². The molecular formula is C13H20N2. The van der Waals surface area contributed by atoms with Crippen molar-refractivity contribution in [2.45, 2.75) is 38.8 Å². The summed E-state index contributed by atoms with van der Waals surface area (Å²) in [5.41, 5.74) is 10.0. The maximum atomic E-state index is 5.81. The Balaban J connectivity index is 2.25. The molecule has 15 heavy (non-hydrogen) atoms. The van der Waals surface area contributed by atoms with Gasteiger partial charge in [-0.3, -0.25) is 0 Å². The van der Waals surface area contributed by atoms with Crippen molar-refractivity contribution in [3.05, 3.63) is 29.3 Å². The first-order valence-corrected chi connectivity index (χ1v) is 5.68. The zero-order chi connectivity index (χ0) is 11.0. The van der Waals surface area contributed by atoms with Crippen molar-refractivity contribution in [2.75, 3.05) is 11.9 Å². The molecule has 0 amide bonds. The number of nitrogens with zero attached hydrogens (tertiary/aromatic N) is 1. The molecule has 0 spiro atoms. The quantitative estimate of drug-likeness (QED) is 0.798. The Kier molecular flexibility index (Phi) is 2.70. The highest BCUT2D eigenvalue weighted by molar-refractivity contribution is 5.59. The van der Waals surface area contributed by atoms with Crippen LogP contribution in [0.15, 0.2) is 18.2 Å². The number of rotatable bonds is 2. The fourth-order valence-corrected chi connectivity index (χ4v) is 2.34. The largest absolute Gasteiger partial charge is 0.371 e. The van der Waals surface area contributed by atoms with E-state index in [0.29, 0.717) is 6.04 Å². The van der Waals surface area contributed by atoms with Crippen LogP contribution in [-0.4, -0.2) is 19.1 Å². The Labute approximate surface area is 92.1 Å². The van der Waals surface area contributed by atoms with Crippen molar-refractivity contribution in [1.82, 2.24) is 0 Å². The first kappa shape index (κ1) is 10.5. The highest BCUT2D eigenvalue weighted by atomic mass is 15.1. The van der Waals surface area contributed by atoms with Gasteiger partial charge in [0.15, 0.2) is 0 Å². The third-order valence-corrected chi connectivity index (χ3v) is 3.26. The molecule has 0 saturated carbocycles. The van der Waals surface area contributed by atoms with Crippen LogP contribution in [0.1, 0.15) is 25.0 Å². The summed E-state index contributed by atoms with van der Waals surface area (Å²) in [6.45, 7) is 4.33. The van der Waals surface area contributed by atoms with Gasteiger partial charge < -0.3 is 10.6 Å². The summed E-state index contributed by atoms with van der Waals surface area (Å²) in [6.07, 6.45) is 2.14. The molecule has 1 aliphatic heterocycles. The number of hydrogen-bond acceptors (Lipinski definition) is 2. The SMILES string of the molecule is CC(N)Cc1ccc2c(c1)CC(C)N2C. The zero-order valence-corrected chi connectivity index (χ0v) is 9.83. The highest BCUT2D eigenvalue weighted by Gasteiger charge is 2.22. The van der Waals surface area contributed by atoms with Crippen LogP contribution in [0.2, 0.25) is 0 Å². The van der Waals surface area contributed by atoms with E-state index in [1.54, 1.807) is 0 Å². The minimum Gasteiger partial charge on any atom is -0.371 e. The summed E-state index contributed by atoms with van der Waals surface area (Å²) < 4.78 is 0. The molecule has 2 nitrogen and oxygen atoms in total. The van der Waals surface area contributed by atoms with Crippen molar-refractivity contribution < 1.29 is 0 Å². The van der Waals surface area contributed by atoms with Crippen LogP contribution in [0.4, 0.5) is 5.69 Å². The van der Waals surface area contributed by atoms with Gasteiger partial charge >= 0.3 is 0 Å². The molecule has 0 saturated heterocycles. The van der Waals surface area contributed by atoms with Gasteiger partial charge in [-0.1, -0.05) is 12.1 Å². The third kappa shape index (κ3) is 2.00. The lowest BCUT2D eigenvalue weighted by atomic mass is 10.0. The molecule has 2 atom stereocenters. The van der Waals surface area contributed by atoms with Gasteiger partial charge in [-0.15, -0.1) is 0 Å². The van der Waals surface area contributed by atoms with Crippen molar-refractivity contribution in [3.63, 3.8) is 0 Å². The van der Waals surface area contributed by atoms with E-state index in [9.17, 15) is 0 Å². The first-order valence-electron chi connectivity index (χ1n) is 5.68. The Morgan fingerprint density at radius 3 is 2.93 bits per heavy atom. The molecule has 0 aromatic heterocycles. The maximum Gasteiger partial charge on any atom is 0.0399 e. The lowest BCUT2D eigenvalue weighted by molar-refractivity contribution is 0.729. The molecule has 82 valence electrons. The monoisotopic (exact) mass is 204 g/mol. The van der Waals surface area contributed by atoms with Crippen LogP contribution in [0, 0.1) is 0 Å². The summed E-state index contributed by atoms with van der Waals surface area (Å²) in [5.74, 6) is 0. The van der Waals surface area contributed by atoms with E-state index in [1.165, 1.54) is 23.2 Å². The van der Waals surface area contributed by atoms with Crippen LogP contribution in [-0.2, 0) is 12.8 Å². The minimum atomic E-state index is 0.250. The Hall–Kier alpha value is -1.02. The third-order valence-electron chi connectivity index (χ3n) is 3.26. The standard InChI is InChI=1S/C13H20N2/c1-9(14)6-11-4-5-13-12(8-11)7-10(2)15(13)3/h4-5,8-10H,6-7,14H2,1-3H3. The number of anilines is 1. The number of likely N-dealkylation sites (N-methyl/N-ethyl adjacent to an activating group) is 1. The van der Waals surface area contributed by atoms with E-state index in [0.717, 1.165) is 6.42 Å². The smallest absolute Gasteiger partial charge is 0.0399 e. The van der Waals surface area contributed by atoms with Crippen molar-refractivity contribution >= 4 is 5.69 Å². The van der Waals surface area contributed by atoms with Crippen LogP contribution in [0.5, 0.6) is 0 Å². The second-order valence-electron chi connectivity index (χ2n) is 4.81. The first-order chi connectivity index (χ1) is 7.08. The normalized spacial score (nSPS) is 21.6. The van der Waals surface area contributed by atoms with Gasteiger partial charge in [-0.2, -0.15) is 0 Å². The Bertz CT molecular complexity index is 358. The molecule has 0 radical (unpaired) electrons. The van der Waals surface area contributed by atoms with Crippen molar-refractivity contribution in [3.8, 4) is 0 Å². The number of hydrogen-bond donors (Lipinski definition) is 1. The zero-order valence-electron chi connectivity index (χ0n) is 9.83. The van der Waals surface area contributed by atoms with Gasteiger partial charge in [-0.05, 0) is 43.9 Å². The van der Waals surface area contributed by atoms with Crippen LogP contribution in [0.3, 0.4) is 0 Å². The molecule has 2 rings (SSSR count). The second-order valence-corrected chi connectivity index (χ2v) is 4.81. The Morgan fingerprint density at radius 2 is 2.27 bits per heavy atom. The molecule has 0 fully saturated rings. The predicted molar refractivity (Wildman–Crippen MR) is 65.4 cm³/mol. The van der Waals surface area contributed by atoms with E-state index >= 15 is 0 Å². The van der Waals surface area contributed by atoms with Crippen LogP contribution < -0.4 is 10.6 Å². The fourth-order valence-electron chi connectivity index (χ4n) is 2.34. The maximum absolute atomic E-state index is 5.81. The van der Waals surface area contributed by atoms with Gasteiger partial charge in [0.05, 0.1) is 0 Å². The van der Waals surface area contributed by atoms with Gasteiger partial charge in [0.25, 0.3) is 0 Å². The molecule has 2 heteroatoms. The average Bonchev–Trinajstić information content (AvgIpc) is 2.41. The molecule has 0 bridgehead atoms. The molecular weight excluding hydrogens is 184 g/mol. The van der Waals surface area contributed by atoms with E-state index in [1.807, 2.05) is 0 Å². The fraction of sp³-hybridized carbons (Fsp3) is 0.538. The van der Waals surface area contributed by atoms with E-state index in [4.69, 9.17) is 5.73 Å². The van der Waals surface area contributed by atoms with Gasteiger partial charge in [0.1, 0.15) is 0 Å². The van der Waals surface area contributed by atoms with Crippen LogP contribution in [0.25, 0.3) is 0 Å². The second kappa shape index (κ2) is 3.86. The molecule has 2 unspecified atom stereocenters. The van der Waals surface area contributed by atoms with E-state index in [-0.39, 0.29) is 6.04 Å². The Morgan fingerprint density at radius 1 is 1.53 bits per heavy atom. The van der Waals surface area contributed by atoms with Crippen molar-refractivity contribution in [1.29, 1.82) is 0 Å². The van der Waals surface area contributed by atoms with Crippen molar-refractivity contribution in [2.24, 2.45) is 5.73 Å². The number of benzene rings is 1. The molecule has 1 aromatic rings. The molecule has 1 aliphatic rings. The summed E-state index contributed by atoms with van der Waals surface area (Å²) in [6, 6.07) is 7.64. The minimum absolute atomic E-state index is 0.250. The van der Waals surface area contributed by atoms with E-state index < -0.39 is 0 Å². The lowest BCUT2D eigenvalue weighted by Gasteiger charge is -2.18. The average molecular weight is 204 g/mol. The predicted octanol–water partition coefficient (Wildman–Crippen LogP) is 1.96.